The maximum Gasteiger partial charge on any atom is 0.277 e. The van der Waals surface area contributed by atoms with E-state index in [4.69, 9.17) is 28.1 Å². The molecule has 0 atom stereocenters. The highest BCUT2D eigenvalue weighted by molar-refractivity contribution is 7.98. The van der Waals surface area contributed by atoms with Gasteiger partial charge >= 0.3 is 0 Å². The lowest BCUT2D eigenvalue weighted by molar-refractivity contribution is 0.324. The fourth-order valence-corrected chi connectivity index (χ4v) is 3.46. The van der Waals surface area contributed by atoms with Gasteiger partial charge in [0.15, 0.2) is 11.5 Å². The second-order valence-corrected chi connectivity index (χ2v) is 6.68. The van der Waals surface area contributed by atoms with Gasteiger partial charge in [0.05, 0.1) is 35.5 Å². The van der Waals surface area contributed by atoms with Crippen LogP contribution in [0.25, 0.3) is 11.5 Å². The lowest BCUT2D eigenvalue weighted by atomic mass is 10.2. The van der Waals surface area contributed by atoms with E-state index in [9.17, 15) is 0 Å². The van der Waals surface area contributed by atoms with E-state index in [-0.39, 0.29) is 0 Å². The summed E-state index contributed by atoms with van der Waals surface area (Å²) in [4.78, 5) is 0. The van der Waals surface area contributed by atoms with Crippen molar-refractivity contribution in [3.05, 3.63) is 35.9 Å². The highest BCUT2D eigenvalue weighted by Crippen LogP contribution is 2.41. The molecule has 0 fully saturated rings. The molecule has 9 heteroatoms. The summed E-state index contributed by atoms with van der Waals surface area (Å²) in [7, 11) is 7.91. The summed E-state index contributed by atoms with van der Waals surface area (Å²) in [6.45, 7) is 0. The number of thioether (sulfide) groups is 1. The lowest BCUT2D eigenvalue weighted by Gasteiger charge is -2.12. The predicted molar refractivity (Wildman–Crippen MR) is 108 cm³/mol. The van der Waals surface area contributed by atoms with E-state index in [0.29, 0.717) is 39.7 Å². The average Bonchev–Trinajstić information content (AvgIpc) is 3.25. The molecule has 3 rings (SSSR count). The van der Waals surface area contributed by atoms with Gasteiger partial charge in [-0.05, 0) is 30.3 Å². The van der Waals surface area contributed by atoms with Crippen molar-refractivity contribution in [3.8, 4) is 40.2 Å². The summed E-state index contributed by atoms with van der Waals surface area (Å²) in [6, 6.07) is 9.15. The van der Waals surface area contributed by atoms with Crippen LogP contribution in [0.2, 0.25) is 0 Å². The summed E-state index contributed by atoms with van der Waals surface area (Å²) in [5.74, 6) is 3.97. The van der Waals surface area contributed by atoms with E-state index in [1.807, 2.05) is 18.2 Å². The zero-order valence-electron chi connectivity index (χ0n) is 16.8. The van der Waals surface area contributed by atoms with Crippen molar-refractivity contribution in [2.45, 2.75) is 11.0 Å². The van der Waals surface area contributed by atoms with Gasteiger partial charge in [-0.1, -0.05) is 11.8 Å². The molecule has 0 spiro atoms. The highest BCUT2D eigenvalue weighted by Gasteiger charge is 2.18. The smallest absolute Gasteiger partial charge is 0.277 e. The monoisotopic (exact) mass is 418 g/mol. The number of benzene rings is 2. The minimum atomic E-state index is 0.351. The molecule has 0 saturated carbocycles. The van der Waals surface area contributed by atoms with Gasteiger partial charge < -0.3 is 28.1 Å². The molecule has 29 heavy (non-hydrogen) atoms. The van der Waals surface area contributed by atoms with Crippen LogP contribution < -0.4 is 23.7 Å². The molecule has 0 aliphatic rings. The van der Waals surface area contributed by atoms with Crippen molar-refractivity contribution >= 4 is 11.8 Å². The number of aromatic nitrogens is 2. The SMILES string of the molecule is COc1ccc(OC)c(CSc2nnc(-c3cc(OC)c(OC)c(OC)c3)o2)c1. The maximum atomic E-state index is 5.81. The van der Waals surface area contributed by atoms with Gasteiger partial charge in [0.1, 0.15) is 11.5 Å². The third-order valence-corrected chi connectivity index (χ3v) is 5.02. The van der Waals surface area contributed by atoms with Crippen molar-refractivity contribution < 1.29 is 28.1 Å². The molecule has 0 bridgehead atoms. The Bertz CT molecular complexity index is 950. The Labute approximate surface area is 173 Å². The topological polar surface area (TPSA) is 85.1 Å². The number of nitrogens with zero attached hydrogens (tertiary/aromatic N) is 2. The zero-order chi connectivity index (χ0) is 20.8. The van der Waals surface area contributed by atoms with Gasteiger partial charge in [-0.3, -0.25) is 0 Å². The van der Waals surface area contributed by atoms with Crippen LogP contribution in [0, 0.1) is 0 Å². The Balaban J connectivity index is 1.82. The molecule has 0 amide bonds. The zero-order valence-corrected chi connectivity index (χ0v) is 17.7. The van der Waals surface area contributed by atoms with Crippen molar-refractivity contribution in [3.63, 3.8) is 0 Å². The van der Waals surface area contributed by atoms with E-state index in [0.717, 1.165) is 17.1 Å². The van der Waals surface area contributed by atoms with Crippen LogP contribution in [-0.4, -0.2) is 45.7 Å². The molecule has 1 heterocycles. The second kappa shape index (κ2) is 9.42. The molecule has 0 N–H and O–H groups in total. The summed E-state index contributed by atoms with van der Waals surface area (Å²) in [6.07, 6.45) is 0. The summed E-state index contributed by atoms with van der Waals surface area (Å²) >= 11 is 1.40. The first-order valence-corrected chi connectivity index (χ1v) is 9.59. The van der Waals surface area contributed by atoms with Gasteiger partial charge in [-0.25, -0.2) is 0 Å². The fourth-order valence-electron chi connectivity index (χ4n) is 2.72. The Morgan fingerprint density at radius 2 is 1.48 bits per heavy atom. The van der Waals surface area contributed by atoms with Crippen LogP contribution in [0.1, 0.15) is 5.56 Å². The van der Waals surface area contributed by atoms with Crippen LogP contribution >= 0.6 is 11.8 Å². The van der Waals surface area contributed by atoms with E-state index in [1.165, 1.54) is 11.8 Å². The normalized spacial score (nSPS) is 10.5. The van der Waals surface area contributed by atoms with E-state index < -0.39 is 0 Å². The minimum absolute atomic E-state index is 0.351. The van der Waals surface area contributed by atoms with Crippen LogP contribution in [0.15, 0.2) is 40.0 Å². The Morgan fingerprint density at radius 1 is 0.793 bits per heavy atom. The molecule has 0 aliphatic carbocycles. The predicted octanol–water partition coefficient (Wildman–Crippen LogP) is 4.07. The number of ether oxygens (including phenoxy) is 5. The summed E-state index contributed by atoms with van der Waals surface area (Å²) < 4.78 is 32.6. The van der Waals surface area contributed by atoms with Gasteiger partial charge in [0, 0.05) is 16.9 Å². The molecule has 2 aromatic carbocycles. The first kappa shape index (κ1) is 20.7. The van der Waals surface area contributed by atoms with E-state index in [1.54, 1.807) is 47.7 Å². The Morgan fingerprint density at radius 3 is 2.07 bits per heavy atom. The largest absolute Gasteiger partial charge is 0.497 e. The molecule has 3 aromatic rings. The van der Waals surface area contributed by atoms with Crippen LogP contribution in [0.3, 0.4) is 0 Å². The first-order valence-electron chi connectivity index (χ1n) is 8.61. The quantitative estimate of drug-likeness (QED) is 0.477. The highest BCUT2D eigenvalue weighted by atomic mass is 32.2. The Hall–Kier alpha value is -3.07. The average molecular weight is 418 g/mol. The molecule has 0 aliphatic heterocycles. The third kappa shape index (κ3) is 4.51. The van der Waals surface area contributed by atoms with Crippen molar-refractivity contribution in [1.82, 2.24) is 10.2 Å². The molecular weight excluding hydrogens is 396 g/mol. The lowest BCUT2D eigenvalue weighted by Crippen LogP contribution is -1.95. The van der Waals surface area contributed by atoms with Crippen molar-refractivity contribution in [2.75, 3.05) is 35.5 Å². The molecule has 1 aromatic heterocycles. The fraction of sp³-hybridized carbons (Fsp3) is 0.300. The second-order valence-electron chi connectivity index (χ2n) is 5.75. The first-order chi connectivity index (χ1) is 14.1. The van der Waals surface area contributed by atoms with E-state index >= 15 is 0 Å². The van der Waals surface area contributed by atoms with Crippen LogP contribution in [0.4, 0.5) is 0 Å². The van der Waals surface area contributed by atoms with Crippen molar-refractivity contribution in [2.24, 2.45) is 0 Å². The maximum absolute atomic E-state index is 5.81. The summed E-state index contributed by atoms with van der Waals surface area (Å²) in [5, 5.41) is 8.69. The molecule has 0 radical (unpaired) electrons. The van der Waals surface area contributed by atoms with Crippen LogP contribution in [-0.2, 0) is 5.75 Å². The summed E-state index contributed by atoms with van der Waals surface area (Å²) in [5.41, 5.74) is 1.63. The molecule has 0 unspecified atom stereocenters. The van der Waals surface area contributed by atoms with Gasteiger partial charge in [0.2, 0.25) is 11.6 Å². The molecule has 8 nitrogen and oxygen atoms in total. The third-order valence-electron chi connectivity index (χ3n) is 4.16. The minimum Gasteiger partial charge on any atom is -0.497 e. The molecule has 0 saturated heterocycles. The standard InChI is InChI=1S/C20H22N2O6S/c1-23-14-6-7-15(24-2)13(8-14)11-29-20-22-21-19(28-20)12-9-16(25-3)18(27-5)17(10-12)26-4/h6-10H,11H2,1-5H3. The van der Waals surface area contributed by atoms with Crippen molar-refractivity contribution in [1.29, 1.82) is 0 Å². The molecule has 154 valence electrons. The number of hydrogen-bond acceptors (Lipinski definition) is 9. The van der Waals surface area contributed by atoms with Gasteiger partial charge in [-0.2, -0.15) is 0 Å². The van der Waals surface area contributed by atoms with Gasteiger partial charge in [0.25, 0.3) is 5.22 Å². The number of hydrogen-bond donors (Lipinski definition) is 0. The number of rotatable bonds is 9. The van der Waals surface area contributed by atoms with Crippen LogP contribution in [0.5, 0.6) is 28.7 Å². The Kier molecular flexibility index (Phi) is 6.71. The number of methoxy groups -OCH3 is 5. The molecular formula is C20H22N2O6S. The van der Waals surface area contributed by atoms with E-state index in [2.05, 4.69) is 10.2 Å². The van der Waals surface area contributed by atoms with Gasteiger partial charge in [-0.15, -0.1) is 10.2 Å².